The van der Waals surface area contributed by atoms with Gasteiger partial charge in [-0.15, -0.1) is 12.4 Å². The summed E-state index contributed by atoms with van der Waals surface area (Å²) in [7, 11) is 0. The number of nitrogens with two attached hydrogens (primary N) is 1. The average Bonchev–Trinajstić information content (AvgIpc) is 2.68. The van der Waals surface area contributed by atoms with E-state index in [1.165, 1.54) is 45.3 Å². The van der Waals surface area contributed by atoms with E-state index in [1.54, 1.807) is 0 Å². The molecular weight excluding hydrogens is 210 g/mol. The summed E-state index contributed by atoms with van der Waals surface area (Å²) in [5.74, 6) is 0.935. The third kappa shape index (κ3) is 3.31. The van der Waals surface area contributed by atoms with Gasteiger partial charge >= 0.3 is 0 Å². The van der Waals surface area contributed by atoms with Gasteiger partial charge in [0, 0.05) is 19.1 Å². The van der Waals surface area contributed by atoms with E-state index in [2.05, 4.69) is 10.2 Å². The number of hydrogen-bond donors (Lipinski definition) is 2. The van der Waals surface area contributed by atoms with E-state index in [0.29, 0.717) is 0 Å². The summed E-state index contributed by atoms with van der Waals surface area (Å²) in [6.45, 7) is 5.65. The smallest absolute Gasteiger partial charge is 0.0125 e. The number of piperidine rings is 1. The van der Waals surface area contributed by atoms with E-state index in [4.69, 9.17) is 5.73 Å². The first-order valence-electron chi connectivity index (χ1n) is 6.06. The number of nitrogens with zero attached hydrogens (tertiary/aromatic N) is 1. The van der Waals surface area contributed by atoms with Crippen LogP contribution in [0.15, 0.2) is 0 Å². The van der Waals surface area contributed by atoms with E-state index in [0.717, 1.165) is 25.0 Å². The third-order valence-electron chi connectivity index (χ3n) is 3.76. The van der Waals surface area contributed by atoms with Crippen molar-refractivity contribution >= 4 is 12.4 Å². The summed E-state index contributed by atoms with van der Waals surface area (Å²) in [4.78, 5) is 2.62. The molecule has 2 rings (SSSR count). The van der Waals surface area contributed by atoms with Crippen LogP contribution in [0.5, 0.6) is 0 Å². The Bertz CT molecular complexity index is 171. The Balaban J connectivity index is 0.00000112. The highest BCUT2D eigenvalue weighted by atomic mass is 35.5. The average molecular weight is 234 g/mol. The highest BCUT2D eigenvalue weighted by molar-refractivity contribution is 5.85. The molecule has 2 saturated heterocycles. The van der Waals surface area contributed by atoms with Crippen molar-refractivity contribution in [3.63, 3.8) is 0 Å². The lowest BCUT2D eigenvalue weighted by atomic mass is 9.89. The van der Waals surface area contributed by atoms with Crippen LogP contribution in [-0.2, 0) is 0 Å². The van der Waals surface area contributed by atoms with Crippen molar-refractivity contribution in [3.8, 4) is 0 Å². The van der Waals surface area contributed by atoms with Crippen molar-refractivity contribution < 1.29 is 0 Å². The van der Waals surface area contributed by atoms with Crippen molar-refractivity contribution in [2.45, 2.75) is 31.7 Å². The van der Waals surface area contributed by atoms with E-state index in [1.807, 2.05) is 0 Å². The van der Waals surface area contributed by atoms with Crippen LogP contribution in [0.2, 0.25) is 0 Å². The van der Waals surface area contributed by atoms with Gasteiger partial charge in [0.1, 0.15) is 0 Å². The molecule has 3 N–H and O–H groups in total. The van der Waals surface area contributed by atoms with Gasteiger partial charge < -0.3 is 11.1 Å². The molecule has 0 aliphatic carbocycles. The Hall–Kier alpha value is 0.170. The summed E-state index contributed by atoms with van der Waals surface area (Å²) in [5.41, 5.74) is 5.65. The maximum atomic E-state index is 5.65. The molecule has 0 amide bonds. The van der Waals surface area contributed by atoms with E-state index in [9.17, 15) is 0 Å². The van der Waals surface area contributed by atoms with Crippen LogP contribution in [0.25, 0.3) is 0 Å². The number of nitrogens with one attached hydrogen (secondary N) is 1. The van der Waals surface area contributed by atoms with Crippen molar-refractivity contribution in [2.75, 3.05) is 32.7 Å². The molecule has 2 fully saturated rings. The van der Waals surface area contributed by atoms with E-state index >= 15 is 0 Å². The fourth-order valence-electron chi connectivity index (χ4n) is 3.06. The zero-order valence-electron chi connectivity index (χ0n) is 9.45. The van der Waals surface area contributed by atoms with Crippen LogP contribution < -0.4 is 11.1 Å². The van der Waals surface area contributed by atoms with Crippen molar-refractivity contribution in [3.05, 3.63) is 0 Å². The highest BCUT2D eigenvalue weighted by Gasteiger charge is 2.31. The van der Waals surface area contributed by atoms with Gasteiger partial charge in [-0.2, -0.15) is 0 Å². The molecule has 1 unspecified atom stereocenters. The molecule has 0 bridgehead atoms. The van der Waals surface area contributed by atoms with Crippen LogP contribution in [0.1, 0.15) is 25.7 Å². The van der Waals surface area contributed by atoms with Crippen LogP contribution in [0.4, 0.5) is 0 Å². The topological polar surface area (TPSA) is 41.3 Å². The van der Waals surface area contributed by atoms with Gasteiger partial charge in [-0.3, -0.25) is 4.90 Å². The zero-order chi connectivity index (χ0) is 9.80. The minimum absolute atomic E-state index is 0. The van der Waals surface area contributed by atoms with Gasteiger partial charge in [-0.05, 0) is 51.2 Å². The van der Waals surface area contributed by atoms with Crippen molar-refractivity contribution in [2.24, 2.45) is 11.7 Å². The van der Waals surface area contributed by atoms with Crippen LogP contribution in [0, 0.1) is 5.92 Å². The maximum Gasteiger partial charge on any atom is 0.0125 e. The van der Waals surface area contributed by atoms with E-state index < -0.39 is 0 Å². The lowest BCUT2D eigenvalue weighted by molar-refractivity contribution is 0.166. The number of halogens is 1. The Kier molecular flexibility index (Phi) is 5.90. The Morgan fingerprint density at radius 3 is 2.60 bits per heavy atom. The third-order valence-corrected chi connectivity index (χ3v) is 3.76. The largest absolute Gasteiger partial charge is 0.329 e. The van der Waals surface area contributed by atoms with Gasteiger partial charge in [-0.25, -0.2) is 0 Å². The standard InChI is InChI=1S/C11H23N3.ClH/c12-5-9-14-8-1-2-11(14)10-3-6-13-7-4-10;/h10-11,13H,1-9,12H2;1H. The van der Waals surface area contributed by atoms with Crippen LogP contribution >= 0.6 is 12.4 Å². The lowest BCUT2D eigenvalue weighted by Crippen LogP contribution is -2.42. The zero-order valence-corrected chi connectivity index (χ0v) is 10.3. The SMILES string of the molecule is Cl.NCCN1CCCC1C1CCNCC1. The molecule has 1 atom stereocenters. The summed E-state index contributed by atoms with van der Waals surface area (Å²) >= 11 is 0. The molecule has 0 aromatic rings. The van der Waals surface area contributed by atoms with Crippen molar-refractivity contribution in [1.82, 2.24) is 10.2 Å². The first-order chi connectivity index (χ1) is 6.92. The molecule has 0 radical (unpaired) electrons. The van der Waals surface area contributed by atoms with Crippen LogP contribution in [0.3, 0.4) is 0 Å². The maximum absolute atomic E-state index is 5.65. The molecule has 2 aliphatic rings. The molecule has 0 saturated carbocycles. The molecule has 2 aliphatic heterocycles. The molecule has 0 aromatic carbocycles. The highest BCUT2D eigenvalue weighted by Crippen LogP contribution is 2.28. The van der Waals surface area contributed by atoms with Crippen molar-refractivity contribution in [1.29, 1.82) is 0 Å². The van der Waals surface area contributed by atoms with Gasteiger partial charge in [0.05, 0.1) is 0 Å². The normalized spacial score (nSPS) is 29.0. The number of likely N-dealkylation sites (tertiary alicyclic amines) is 1. The van der Waals surface area contributed by atoms with Gasteiger partial charge in [0.2, 0.25) is 0 Å². The minimum Gasteiger partial charge on any atom is -0.329 e. The lowest BCUT2D eigenvalue weighted by Gasteiger charge is -2.34. The fourth-order valence-corrected chi connectivity index (χ4v) is 3.06. The first kappa shape index (κ1) is 13.2. The molecular formula is C11H24ClN3. The first-order valence-corrected chi connectivity index (χ1v) is 6.06. The Labute approximate surface area is 99.2 Å². The predicted octanol–water partition coefficient (Wildman–Crippen LogP) is 0.831. The molecule has 0 aromatic heterocycles. The summed E-state index contributed by atoms with van der Waals surface area (Å²) in [6.07, 6.45) is 5.52. The second-order valence-corrected chi connectivity index (χ2v) is 4.62. The summed E-state index contributed by atoms with van der Waals surface area (Å²) in [6, 6.07) is 0.848. The molecule has 0 spiro atoms. The second kappa shape index (κ2) is 6.69. The van der Waals surface area contributed by atoms with E-state index in [-0.39, 0.29) is 12.4 Å². The quantitative estimate of drug-likeness (QED) is 0.759. The van der Waals surface area contributed by atoms with Crippen LogP contribution in [-0.4, -0.2) is 43.7 Å². The monoisotopic (exact) mass is 233 g/mol. The number of rotatable bonds is 3. The van der Waals surface area contributed by atoms with Gasteiger partial charge in [0.15, 0.2) is 0 Å². The second-order valence-electron chi connectivity index (χ2n) is 4.62. The molecule has 15 heavy (non-hydrogen) atoms. The Morgan fingerprint density at radius 2 is 1.93 bits per heavy atom. The fraction of sp³-hybridized carbons (Fsp3) is 1.00. The predicted molar refractivity (Wildman–Crippen MR) is 66.5 cm³/mol. The minimum atomic E-state index is 0. The molecule has 90 valence electrons. The number of hydrogen-bond acceptors (Lipinski definition) is 3. The van der Waals surface area contributed by atoms with Gasteiger partial charge in [0.25, 0.3) is 0 Å². The Morgan fingerprint density at radius 1 is 1.20 bits per heavy atom. The molecule has 2 heterocycles. The molecule has 3 nitrogen and oxygen atoms in total. The summed E-state index contributed by atoms with van der Waals surface area (Å²) < 4.78 is 0. The summed E-state index contributed by atoms with van der Waals surface area (Å²) in [5, 5.41) is 3.44. The van der Waals surface area contributed by atoms with Gasteiger partial charge in [-0.1, -0.05) is 0 Å². The molecule has 4 heteroatoms.